The molecule has 1 saturated heterocycles. The van der Waals surface area contributed by atoms with Crippen LogP contribution in [0.1, 0.15) is 24.4 Å². The van der Waals surface area contributed by atoms with Crippen molar-refractivity contribution in [1.82, 2.24) is 24.4 Å². The lowest BCUT2D eigenvalue weighted by Crippen LogP contribution is -2.46. The molecule has 0 saturated carbocycles. The summed E-state index contributed by atoms with van der Waals surface area (Å²) in [5.74, 6) is 1.25. The lowest BCUT2D eigenvalue weighted by atomic mass is 10.1. The van der Waals surface area contributed by atoms with E-state index in [1.165, 1.54) is 36.5 Å². The second-order valence-electron chi connectivity index (χ2n) is 7.30. The van der Waals surface area contributed by atoms with Gasteiger partial charge in [-0.25, -0.2) is 15.0 Å². The van der Waals surface area contributed by atoms with E-state index in [1.807, 2.05) is 6.20 Å². The third kappa shape index (κ3) is 2.94. The third-order valence-corrected chi connectivity index (χ3v) is 5.68. The maximum atomic E-state index is 4.70. The van der Waals surface area contributed by atoms with E-state index >= 15 is 0 Å². The molecule has 6 heteroatoms. The molecular formula is C20H24N6. The highest BCUT2D eigenvalue weighted by atomic mass is 15.3. The second kappa shape index (κ2) is 6.68. The molecule has 3 aromatic rings. The molecule has 0 N–H and O–H groups in total. The SMILES string of the molecule is c1ncc2cc(N3CCN(Cc4ncc5n4CCCC5)CC3)ccc2n1. The minimum Gasteiger partial charge on any atom is -0.369 e. The third-order valence-electron chi connectivity index (χ3n) is 5.68. The van der Waals surface area contributed by atoms with Gasteiger partial charge in [0.2, 0.25) is 0 Å². The Labute approximate surface area is 153 Å². The molecule has 6 nitrogen and oxygen atoms in total. The molecule has 0 radical (unpaired) electrons. The molecule has 1 aromatic carbocycles. The number of benzene rings is 1. The number of hydrogen-bond acceptors (Lipinski definition) is 5. The summed E-state index contributed by atoms with van der Waals surface area (Å²) in [5.41, 5.74) is 3.69. The number of aromatic nitrogens is 4. The van der Waals surface area contributed by atoms with Crippen LogP contribution in [-0.4, -0.2) is 50.6 Å². The Kier molecular flexibility index (Phi) is 4.05. The number of hydrogen-bond donors (Lipinski definition) is 0. The Bertz CT molecular complexity index is 910. The van der Waals surface area contributed by atoms with Crippen LogP contribution in [0.15, 0.2) is 36.9 Å². The molecule has 2 aromatic heterocycles. The van der Waals surface area contributed by atoms with Gasteiger partial charge in [-0.1, -0.05) is 0 Å². The van der Waals surface area contributed by atoms with E-state index in [0.717, 1.165) is 50.2 Å². The van der Waals surface area contributed by atoms with E-state index in [4.69, 9.17) is 4.98 Å². The molecular weight excluding hydrogens is 324 g/mol. The first-order valence-corrected chi connectivity index (χ1v) is 9.57. The molecule has 5 rings (SSSR count). The van der Waals surface area contributed by atoms with Crippen LogP contribution in [-0.2, 0) is 19.5 Å². The predicted molar refractivity (Wildman–Crippen MR) is 102 cm³/mol. The summed E-state index contributed by atoms with van der Waals surface area (Å²) in [7, 11) is 0. The van der Waals surface area contributed by atoms with Crippen LogP contribution >= 0.6 is 0 Å². The Morgan fingerprint density at radius 3 is 2.77 bits per heavy atom. The molecule has 26 heavy (non-hydrogen) atoms. The molecule has 2 aliphatic heterocycles. The zero-order valence-corrected chi connectivity index (χ0v) is 15.0. The summed E-state index contributed by atoms with van der Waals surface area (Å²) in [5, 5.41) is 1.11. The summed E-state index contributed by atoms with van der Waals surface area (Å²) >= 11 is 0. The maximum absolute atomic E-state index is 4.70. The normalized spacial score (nSPS) is 18.2. The molecule has 0 spiro atoms. The molecule has 0 amide bonds. The summed E-state index contributed by atoms with van der Waals surface area (Å²) in [6.07, 6.45) is 9.36. The van der Waals surface area contributed by atoms with E-state index in [9.17, 15) is 0 Å². The summed E-state index contributed by atoms with van der Waals surface area (Å²) < 4.78 is 2.44. The van der Waals surface area contributed by atoms with E-state index in [2.05, 4.69) is 48.7 Å². The largest absolute Gasteiger partial charge is 0.369 e. The van der Waals surface area contributed by atoms with Crippen molar-refractivity contribution in [3.05, 3.63) is 48.4 Å². The van der Waals surface area contributed by atoms with Crippen LogP contribution in [0, 0.1) is 0 Å². The van der Waals surface area contributed by atoms with Gasteiger partial charge in [-0.3, -0.25) is 4.90 Å². The number of aryl methyl sites for hydroxylation is 1. The Hall–Kier alpha value is -2.47. The van der Waals surface area contributed by atoms with Gasteiger partial charge in [0, 0.05) is 61.9 Å². The van der Waals surface area contributed by atoms with Crippen LogP contribution in [0.5, 0.6) is 0 Å². The van der Waals surface area contributed by atoms with E-state index in [-0.39, 0.29) is 0 Å². The highest BCUT2D eigenvalue weighted by molar-refractivity contribution is 5.81. The second-order valence-corrected chi connectivity index (χ2v) is 7.30. The Morgan fingerprint density at radius 2 is 1.85 bits per heavy atom. The lowest BCUT2D eigenvalue weighted by molar-refractivity contribution is 0.239. The van der Waals surface area contributed by atoms with Gasteiger partial charge in [-0.2, -0.15) is 0 Å². The first-order valence-electron chi connectivity index (χ1n) is 9.57. The van der Waals surface area contributed by atoms with Crippen LogP contribution in [0.3, 0.4) is 0 Å². The van der Waals surface area contributed by atoms with Gasteiger partial charge in [0.05, 0.1) is 12.1 Å². The van der Waals surface area contributed by atoms with Crippen molar-refractivity contribution < 1.29 is 0 Å². The quantitative estimate of drug-likeness (QED) is 0.728. The van der Waals surface area contributed by atoms with Crippen molar-refractivity contribution in [2.45, 2.75) is 32.4 Å². The highest BCUT2D eigenvalue weighted by Gasteiger charge is 2.21. The average Bonchev–Trinajstić information content (AvgIpc) is 3.11. The molecule has 1 fully saturated rings. The van der Waals surface area contributed by atoms with E-state index < -0.39 is 0 Å². The Morgan fingerprint density at radius 1 is 0.923 bits per heavy atom. The molecule has 2 aliphatic rings. The predicted octanol–water partition coefficient (Wildman–Crippen LogP) is 2.48. The summed E-state index contributed by atoms with van der Waals surface area (Å²) in [4.78, 5) is 18.1. The van der Waals surface area contributed by atoms with Gasteiger partial charge in [0.15, 0.2) is 0 Å². The lowest BCUT2D eigenvalue weighted by Gasteiger charge is -2.36. The number of imidazole rings is 1. The van der Waals surface area contributed by atoms with Crippen molar-refractivity contribution in [1.29, 1.82) is 0 Å². The molecule has 4 heterocycles. The molecule has 0 atom stereocenters. The van der Waals surface area contributed by atoms with Crippen molar-refractivity contribution in [3.8, 4) is 0 Å². The van der Waals surface area contributed by atoms with Gasteiger partial charge >= 0.3 is 0 Å². The van der Waals surface area contributed by atoms with Crippen LogP contribution in [0.4, 0.5) is 5.69 Å². The van der Waals surface area contributed by atoms with Crippen molar-refractivity contribution >= 4 is 16.6 Å². The minimum atomic E-state index is 0.972. The number of fused-ring (bicyclic) bond motifs is 2. The van der Waals surface area contributed by atoms with Gasteiger partial charge in [-0.05, 0) is 37.5 Å². The van der Waals surface area contributed by atoms with Crippen molar-refractivity contribution in [3.63, 3.8) is 0 Å². The first-order chi connectivity index (χ1) is 12.9. The van der Waals surface area contributed by atoms with Crippen molar-refractivity contribution in [2.75, 3.05) is 31.1 Å². The monoisotopic (exact) mass is 348 g/mol. The summed E-state index contributed by atoms with van der Waals surface area (Å²) in [6, 6.07) is 6.47. The van der Waals surface area contributed by atoms with Crippen molar-refractivity contribution in [2.24, 2.45) is 0 Å². The Balaban J connectivity index is 1.25. The van der Waals surface area contributed by atoms with Crippen LogP contribution < -0.4 is 4.90 Å². The molecule has 134 valence electrons. The van der Waals surface area contributed by atoms with E-state index in [1.54, 1.807) is 6.33 Å². The number of nitrogens with zero attached hydrogens (tertiary/aromatic N) is 6. The molecule has 0 bridgehead atoms. The van der Waals surface area contributed by atoms with Gasteiger partial charge in [-0.15, -0.1) is 0 Å². The minimum absolute atomic E-state index is 0.972. The maximum Gasteiger partial charge on any atom is 0.123 e. The van der Waals surface area contributed by atoms with Gasteiger partial charge < -0.3 is 9.47 Å². The van der Waals surface area contributed by atoms with Crippen LogP contribution in [0.2, 0.25) is 0 Å². The highest BCUT2D eigenvalue weighted by Crippen LogP contribution is 2.22. The zero-order valence-electron chi connectivity index (χ0n) is 15.0. The number of anilines is 1. The topological polar surface area (TPSA) is 50.1 Å². The standard InChI is InChI=1S/C20H24N6/c1-2-6-26-18(3-1)13-22-20(26)14-24-7-9-25(10-8-24)17-4-5-19-16(11-17)12-21-15-23-19/h4-5,11-13,15H,1-3,6-10,14H2. The molecule has 0 aliphatic carbocycles. The summed E-state index contributed by atoms with van der Waals surface area (Å²) in [6.45, 7) is 6.36. The fraction of sp³-hybridized carbons (Fsp3) is 0.450. The number of rotatable bonds is 3. The smallest absolute Gasteiger partial charge is 0.123 e. The molecule has 0 unspecified atom stereocenters. The van der Waals surface area contributed by atoms with Gasteiger partial charge in [0.1, 0.15) is 12.2 Å². The fourth-order valence-corrected chi connectivity index (χ4v) is 4.16. The van der Waals surface area contributed by atoms with Crippen LogP contribution in [0.25, 0.3) is 10.9 Å². The number of piperazine rings is 1. The van der Waals surface area contributed by atoms with Gasteiger partial charge in [0.25, 0.3) is 0 Å². The average molecular weight is 348 g/mol. The first kappa shape index (κ1) is 15.8. The van der Waals surface area contributed by atoms with E-state index in [0.29, 0.717) is 0 Å². The zero-order chi connectivity index (χ0) is 17.3. The fourth-order valence-electron chi connectivity index (χ4n) is 4.16.